The van der Waals surface area contributed by atoms with Gasteiger partial charge in [0.15, 0.2) is 0 Å². The van der Waals surface area contributed by atoms with E-state index in [1.807, 2.05) is 66.7 Å². The number of carbonyl (C=O) groups is 2. The summed E-state index contributed by atoms with van der Waals surface area (Å²) in [6, 6.07) is 24.7. The Labute approximate surface area is 179 Å². The van der Waals surface area contributed by atoms with Gasteiger partial charge in [-0.2, -0.15) is 0 Å². The summed E-state index contributed by atoms with van der Waals surface area (Å²) in [4.78, 5) is 24.0. The second kappa shape index (κ2) is 8.42. The maximum absolute atomic E-state index is 12.6. The van der Waals surface area contributed by atoms with Gasteiger partial charge in [0, 0.05) is 6.54 Å². The zero-order valence-corrected chi connectivity index (χ0v) is 16.8. The molecule has 0 atom stereocenters. The van der Waals surface area contributed by atoms with Crippen molar-refractivity contribution >= 4 is 22.6 Å². The van der Waals surface area contributed by atoms with Gasteiger partial charge in [-0.25, -0.2) is 0 Å². The lowest BCUT2D eigenvalue weighted by Crippen LogP contribution is -2.14. The summed E-state index contributed by atoms with van der Waals surface area (Å²) in [5.74, 6) is -1.50. The molecule has 4 rings (SSSR count). The van der Waals surface area contributed by atoms with Crippen LogP contribution in [0, 0.1) is 0 Å². The summed E-state index contributed by atoms with van der Waals surface area (Å²) in [6.45, 7) is 0.416. The van der Waals surface area contributed by atoms with Crippen LogP contribution < -0.4 is 11.5 Å². The summed E-state index contributed by atoms with van der Waals surface area (Å²) < 4.78 is 0. The van der Waals surface area contributed by atoms with Crippen molar-refractivity contribution in [3.63, 3.8) is 0 Å². The maximum atomic E-state index is 12.6. The van der Waals surface area contributed by atoms with Crippen molar-refractivity contribution in [2.45, 2.75) is 13.0 Å². The fourth-order valence-corrected chi connectivity index (χ4v) is 4.06. The van der Waals surface area contributed by atoms with E-state index in [2.05, 4.69) is 0 Å². The van der Waals surface area contributed by atoms with Crippen molar-refractivity contribution in [3.05, 3.63) is 95.6 Å². The average molecular weight is 410 g/mol. The molecular weight excluding hydrogens is 388 g/mol. The standard InChI is InChI=1S/C26H22N2O3/c27-15-16-6-5-8-17(12-16)22-14-23(19-9-2-1-7-18(19)13-24(29)30)25(26(28)31)21-11-4-3-10-20(21)22/h1-12,14H,13,15,27H2,(H2,28,31)(H,29,30). The highest BCUT2D eigenvalue weighted by Crippen LogP contribution is 2.39. The van der Waals surface area contributed by atoms with E-state index in [0.717, 1.165) is 27.5 Å². The van der Waals surface area contributed by atoms with Crippen LogP contribution in [0.25, 0.3) is 33.0 Å². The van der Waals surface area contributed by atoms with E-state index in [4.69, 9.17) is 11.5 Å². The summed E-state index contributed by atoms with van der Waals surface area (Å²) in [6.07, 6.45) is -0.154. The molecule has 0 aliphatic carbocycles. The van der Waals surface area contributed by atoms with Gasteiger partial charge in [-0.3, -0.25) is 9.59 Å². The third-order valence-corrected chi connectivity index (χ3v) is 5.41. The Morgan fingerprint density at radius 1 is 0.774 bits per heavy atom. The minimum Gasteiger partial charge on any atom is -0.481 e. The summed E-state index contributed by atoms with van der Waals surface area (Å²) in [5.41, 5.74) is 16.9. The molecule has 0 spiro atoms. The molecule has 5 heteroatoms. The highest BCUT2D eigenvalue weighted by atomic mass is 16.4. The highest BCUT2D eigenvalue weighted by molar-refractivity contribution is 6.15. The van der Waals surface area contributed by atoms with Gasteiger partial charge in [0.05, 0.1) is 12.0 Å². The molecule has 0 heterocycles. The van der Waals surface area contributed by atoms with Gasteiger partial charge in [0.1, 0.15) is 0 Å². The first-order valence-electron chi connectivity index (χ1n) is 9.94. The number of aliphatic carboxylic acids is 1. The molecule has 0 unspecified atom stereocenters. The molecule has 31 heavy (non-hydrogen) atoms. The lowest BCUT2D eigenvalue weighted by atomic mass is 9.86. The second-order valence-electron chi connectivity index (χ2n) is 7.39. The molecule has 4 aromatic rings. The molecule has 5 nitrogen and oxygen atoms in total. The Bertz CT molecular complexity index is 1310. The molecule has 5 N–H and O–H groups in total. The fourth-order valence-electron chi connectivity index (χ4n) is 4.06. The molecule has 154 valence electrons. The minimum atomic E-state index is -0.940. The van der Waals surface area contributed by atoms with Crippen LogP contribution in [-0.4, -0.2) is 17.0 Å². The number of amides is 1. The van der Waals surface area contributed by atoms with Crippen LogP contribution in [0.5, 0.6) is 0 Å². The number of carboxylic acid groups (broad SMARTS) is 1. The quantitative estimate of drug-likeness (QED) is 0.439. The van der Waals surface area contributed by atoms with E-state index < -0.39 is 11.9 Å². The lowest BCUT2D eigenvalue weighted by molar-refractivity contribution is -0.136. The SMILES string of the molecule is NCc1cccc(-c2cc(-c3ccccc3CC(=O)O)c(C(N)=O)c3ccccc23)c1. The smallest absolute Gasteiger partial charge is 0.307 e. The minimum absolute atomic E-state index is 0.154. The fraction of sp³-hybridized carbons (Fsp3) is 0.0769. The first kappa shape index (κ1) is 20.3. The predicted molar refractivity (Wildman–Crippen MR) is 123 cm³/mol. The lowest BCUT2D eigenvalue weighted by Gasteiger charge is -2.18. The van der Waals surface area contributed by atoms with E-state index in [-0.39, 0.29) is 6.42 Å². The van der Waals surface area contributed by atoms with E-state index in [9.17, 15) is 14.7 Å². The normalized spacial score (nSPS) is 10.9. The van der Waals surface area contributed by atoms with Gasteiger partial charge in [-0.15, -0.1) is 0 Å². The Morgan fingerprint density at radius 2 is 1.48 bits per heavy atom. The topological polar surface area (TPSA) is 106 Å². The van der Waals surface area contributed by atoms with Crippen LogP contribution in [0.2, 0.25) is 0 Å². The number of hydrogen-bond acceptors (Lipinski definition) is 3. The number of carboxylic acids is 1. The Morgan fingerprint density at radius 3 is 2.19 bits per heavy atom. The van der Waals surface area contributed by atoms with Crippen LogP contribution in [0.3, 0.4) is 0 Å². The van der Waals surface area contributed by atoms with Gasteiger partial charge < -0.3 is 16.6 Å². The van der Waals surface area contributed by atoms with E-state index in [1.165, 1.54) is 0 Å². The molecule has 1 amide bonds. The van der Waals surface area contributed by atoms with Crippen LogP contribution in [-0.2, 0) is 17.8 Å². The molecule has 0 aliphatic heterocycles. The molecule has 0 aliphatic rings. The number of carbonyl (C=O) groups excluding carboxylic acids is 1. The number of benzene rings is 4. The maximum Gasteiger partial charge on any atom is 0.307 e. The predicted octanol–water partition coefficient (Wildman–Crippen LogP) is 4.36. The van der Waals surface area contributed by atoms with E-state index in [1.54, 1.807) is 12.1 Å². The van der Waals surface area contributed by atoms with Gasteiger partial charge in [-0.05, 0) is 56.3 Å². The van der Waals surface area contributed by atoms with Gasteiger partial charge in [0.25, 0.3) is 0 Å². The Balaban J connectivity index is 2.10. The zero-order chi connectivity index (χ0) is 22.0. The van der Waals surface area contributed by atoms with Gasteiger partial charge in [0.2, 0.25) is 5.91 Å². The second-order valence-corrected chi connectivity index (χ2v) is 7.39. The van der Waals surface area contributed by atoms with Crippen molar-refractivity contribution in [1.29, 1.82) is 0 Å². The zero-order valence-electron chi connectivity index (χ0n) is 16.8. The summed E-state index contributed by atoms with van der Waals surface area (Å²) >= 11 is 0. The van der Waals surface area contributed by atoms with Crippen LogP contribution in [0.4, 0.5) is 0 Å². The third-order valence-electron chi connectivity index (χ3n) is 5.41. The Hall–Kier alpha value is -3.96. The number of nitrogens with two attached hydrogens (primary N) is 2. The molecule has 0 radical (unpaired) electrons. The first-order valence-corrected chi connectivity index (χ1v) is 9.94. The van der Waals surface area contributed by atoms with Crippen molar-refractivity contribution in [2.75, 3.05) is 0 Å². The highest BCUT2D eigenvalue weighted by Gasteiger charge is 2.20. The number of hydrogen-bond donors (Lipinski definition) is 3. The molecule has 4 aromatic carbocycles. The third kappa shape index (κ3) is 3.91. The number of rotatable bonds is 6. The largest absolute Gasteiger partial charge is 0.481 e. The monoisotopic (exact) mass is 410 g/mol. The van der Waals surface area contributed by atoms with Gasteiger partial charge >= 0.3 is 5.97 Å². The molecule has 0 saturated carbocycles. The van der Waals surface area contributed by atoms with Crippen LogP contribution >= 0.6 is 0 Å². The van der Waals surface area contributed by atoms with Crippen LogP contribution in [0.1, 0.15) is 21.5 Å². The van der Waals surface area contributed by atoms with E-state index in [0.29, 0.717) is 28.8 Å². The van der Waals surface area contributed by atoms with Gasteiger partial charge in [-0.1, -0.05) is 66.7 Å². The summed E-state index contributed by atoms with van der Waals surface area (Å²) in [5, 5.41) is 11.0. The molecule has 0 aromatic heterocycles. The number of fused-ring (bicyclic) bond motifs is 1. The molecule has 0 bridgehead atoms. The first-order chi connectivity index (χ1) is 15.0. The van der Waals surface area contributed by atoms with Crippen LogP contribution in [0.15, 0.2) is 78.9 Å². The van der Waals surface area contributed by atoms with Crippen molar-refractivity contribution in [3.8, 4) is 22.3 Å². The molecular formula is C26H22N2O3. The van der Waals surface area contributed by atoms with Crippen molar-refractivity contribution < 1.29 is 14.7 Å². The number of primary amides is 1. The molecule has 0 fully saturated rings. The van der Waals surface area contributed by atoms with Crippen molar-refractivity contribution in [2.24, 2.45) is 11.5 Å². The van der Waals surface area contributed by atoms with Crippen molar-refractivity contribution in [1.82, 2.24) is 0 Å². The summed E-state index contributed by atoms with van der Waals surface area (Å²) in [7, 11) is 0. The Kier molecular flexibility index (Phi) is 5.52. The average Bonchev–Trinajstić information content (AvgIpc) is 2.77. The molecule has 0 saturated heterocycles. The van der Waals surface area contributed by atoms with E-state index >= 15 is 0 Å².